The highest BCUT2D eigenvalue weighted by atomic mass is 16.3. The Morgan fingerprint density at radius 2 is 2.00 bits per heavy atom. The number of benzene rings is 1. The fourth-order valence-corrected chi connectivity index (χ4v) is 2.55. The van der Waals surface area contributed by atoms with E-state index in [-0.39, 0.29) is 0 Å². The van der Waals surface area contributed by atoms with Crippen LogP contribution in [-0.2, 0) is 13.1 Å². The molecule has 1 saturated carbocycles. The molecule has 1 fully saturated rings. The quantitative estimate of drug-likeness (QED) is 0.875. The minimum atomic E-state index is 0.758. The first kappa shape index (κ1) is 14.2. The van der Waals surface area contributed by atoms with Crippen LogP contribution in [0.5, 0.6) is 0 Å². The Balaban J connectivity index is 1.65. The molecule has 1 aliphatic rings. The van der Waals surface area contributed by atoms with E-state index in [1.807, 2.05) is 19.1 Å². The number of anilines is 1. The van der Waals surface area contributed by atoms with Gasteiger partial charge in [0.05, 0.1) is 6.54 Å². The lowest BCUT2D eigenvalue weighted by Gasteiger charge is -2.19. The van der Waals surface area contributed by atoms with Gasteiger partial charge in [0.1, 0.15) is 11.5 Å². The number of hydrogen-bond donors (Lipinski definition) is 1. The van der Waals surface area contributed by atoms with Crippen molar-refractivity contribution in [2.75, 3.05) is 11.9 Å². The summed E-state index contributed by atoms with van der Waals surface area (Å²) in [4.78, 5) is 2.23. The van der Waals surface area contributed by atoms with E-state index < -0.39 is 0 Å². The molecule has 3 rings (SSSR count). The van der Waals surface area contributed by atoms with Crippen LogP contribution in [0.2, 0.25) is 0 Å². The minimum Gasteiger partial charge on any atom is -0.464 e. The molecule has 0 atom stereocenters. The Labute approximate surface area is 127 Å². The van der Waals surface area contributed by atoms with E-state index in [1.54, 1.807) is 0 Å². The van der Waals surface area contributed by atoms with Gasteiger partial charge in [0.25, 0.3) is 0 Å². The van der Waals surface area contributed by atoms with Crippen LogP contribution < -0.4 is 10.2 Å². The molecule has 3 heteroatoms. The zero-order valence-electron chi connectivity index (χ0n) is 13.1. The fourth-order valence-electron chi connectivity index (χ4n) is 2.55. The average Bonchev–Trinajstić information content (AvgIpc) is 3.20. The standard InChI is InChI=1S/C18H24N2O/c1-13-10-17(8-5-15(13)11-19-16-6-7-16)20(3)12-18-9-4-14(2)21-18/h4-5,8-10,16,19H,6-7,11-12H2,1-3H3. The smallest absolute Gasteiger partial charge is 0.123 e. The van der Waals surface area contributed by atoms with E-state index in [0.717, 1.165) is 30.7 Å². The summed E-state index contributed by atoms with van der Waals surface area (Å²) in [5.41, 5.74) is 3.98. The molecule has 1 aromatic carbocycles. The zero-order chi connectivity index (χ0) is 14.8. The Morgan fingerprint density at radius 3 is 2.62 bits per heavy atom. The summed E-state index contributed by atoms with van der Waals surface area (Å²) in [6, 6.07) is 11.5. The zero-order valence-corrected chi connectivity index (χ0v) is 13.1. The number of aryl methyl sites for hydroxylation is 2. The normalized spacial score (nSPS) is 14.4. The first-order chi connectivity index (χ1) is 10.1. The number of nitrogens with one attached hydrogen (secondary N) is 1. The second kappa shape index (κ2) is 5.94. The minimum absolute atomic E-state index is 0.758. The highest BCUT2D eigenvalue weighted by molar-refractivity contribution is 5.50. The maximum Gasteiger partial charge on any atom is 0.123 e. The van der Waals surface area contributed by atoms with Crippen molar-refractivity contribution in [3.05, 3.63) is 53.0 Å². The second-order valence-electron chi connectivity index (χ2n) is 6.13. The number of rotatable bonds is 6. The summed E-state index contributed by atoms with van der Waals surface area (Å²) in [7, 11) is 2.11. The van der Waals surface area contributed by atoms with Crippen LogP contribution in [0.25, 0.3) is 0 Å². The predicted octanol–water partition coefficient (Wildman–Crippen LogP) is 3.78. The number of furan rings is 1. The lowest BCUT2D eigenvalue weighted by Crippen LogP contribution is -2.18. The van der Waals surface area contributed by atoms with Crippen LogP contribution >= 0.6 is 0 Å². The molecule has 0 amide bonds. The van der Waals surface area contributed by atoms with Crippen LogP contribution in [0.4, 0.5) is 5.69 Å². The van der Waals surface area contributed by atoms with E-state index in [2.05, 4.69) is 42.4 Å². The third-order valence-electron chi connectivity index (χ3n) is 4.11. The maximum absolute atomic E-state index is 5.65. The Hall–Kier alpha value is -1.74. The third kappa shape index (κ3) is 3.67. The van der Waals surface area contributed by atoms with Gasteiger partial charge < -0.3 is 14.6 Å². The largest absolute Gasteiger partial charge is 0.464 e. The molecule has 2 aromatic rings. The van der Waals surface area contributed by atoms with Gasteiger partial charge in [-0.2, -0.15) is 0 Å². The highest BCUT2D eigenvalue weighted by Gasteiger charge is 2.20. The lowest BCUT2D eigenvalue weighted by atomic mass is 10.1. The van der Waals surface area contributed by atoms with E-state index in [9.17, 15) is 0 Å². The van der Waals surface area contributed by atoms with Gasteiger partial charge in [-0.05, 0) is 62.1 Å². The predicted molar refractivity (Wildman–Crippen MR) is 86.6 cm³/mol. The molecule has 0 aliphatic heterocycles. The van der Waals surface area contributed by atoms with Crippen molar-refractivity contribution in [3.63, 3.8) is 0 Å². The molecule has 112 valence electrons. The van der Waals surface area contributed by atoms with Gasteiger partial charge >= 0.3 is 0 Å². The summed E-state index contributed by atoms with van der Waals surface area (Å²) in [5.74, 6) is 1.98. The molecule has 0 radical (unpaired) electrons. The number of hydrogen-bond acceptors (Lipinski definition) is 3. The molecule has 0 spiro atoms. The van der Waals surface area contributed by atoms with Gasteiger partial charge in [-0.25, -0.2) is 0 Å². The van der Waals surface area contributed by atoms with Crippen molar-refractivity contribution in [2.24, 2.45) is 0 Å². The second-order valence-corrected chi connectivity index (χ2v) is 6.13. The summed E-state index contributed by atoms with van der Waals surface area (Å²) in [6.45, 7) is 5.96. The van der Waals surface area contributed by atoms with E-state index in [4.69, 9.17) is 4.42 Å². The van der Waals surface area contributed by atoms with E-state index in [1.165, 1.54) is 29.7 Å². The summed E-state index contributed by atoms with van der Waals surface area (Å²) >= 11 is 0. The Kier molecular flexibility index (Phi) is 4.02. The van der Waals surface area contributed by atoms with Crippen molar-refractivity contribution < 1.29 is 4.42 Å². The maximum atomic E-state index is 5.65. The van der Waals surface area contributed by atoms with Crippen LogP contribution in [0, 0.1) is 13.8 Å². The van der Waals surface area contributed by atoms with Gasteiger partial charge in [-0.15, -0.1) is 0 Å². The SMILES string of the molecule is Cc1ccc(CN(C)c2ccc(CNC3CC3)c(C)c2)o1. The van der Waals surface area contributed by atoms with Gasteiger partial charge in [-0.3, -0.25) is 0 Å². The topological polar surface area (TPSA) is 28.4 Å². The van der Waals surface area contributed by atoms with Crippen LogP contribution in [0.15, 0.2) is 34.7 Å². The molecule has 1 aliphatic carbocycles. The Morgan fingerprint density at radius 1 is 1.19 bits per heavy atom. The van der Waals surface area contributed by atoms with Gasteiger partial charge in [-0.1, -0.05) is 6.07 Å². The molecule has 1 heterocycles. The van der Waals surface area contributed by atoms with E-state index in [0.29, 0.717) is 0 Å². The number of nitrogens with zero attached hydrogens (tertiary/aromatic N) is 1. The first-order valence-corrected chi connectivity index (χ1v) is 7.71. The van der Waals surface area contributed by atoms with Crippen molar-refractivity contribution >= 4 is 5.69 Å². The van der Waals surface area contributed by atoms with Gasteiger partial charge in [0, 0.05) is 25.3 Å². The third-order valence-corrected chi connectivity index (χ3v) is 4.11. The van der Waals surface area contributed by atoms with Crippen molar-refractivity contribution in [1.29, 1.82) is 0 Å². The fraction of sp³-hybridized carbons (Fsp3) is 0.444. The molecule has 21 heavy (non-hydrogen) atoms. The molecular weight excluding hydrogens is 260 g/mol. The lowest BCUT2D eigenvalue weighted by molar-refractivity contribution is 0.482. The van der Waals surface area contributed by atoms with Gasteiger partial charge in [0.15, 0.2) is 0 Å². The van der Waals surface area contributed by atoms with Crippen LogP contribution in [0.1, 0.15) is 35.5 Å². The Bertz CT molecular complexity index is 613. The molecule has 3 nitrogen and oxygen atoms in total. The van der Waals surface area contributed by atoms with Crippen LogP contribution in [-0.4, -0.2) is 13.1 Å². The molecular formula is C18H24N2O. The average molecular weight is 284 g/mol. The van der Waals surface area contributed by atoms with Crippen molar-refractivity contribution in [3.8, 4) is 0 Å². The van der Waals surface area contributed by atoms with E-state index >= 15 is 0 Å². The summed E-state index contributed by atoms with van der Waals surface area (Å²) in [5, 5.41) is 3.58. The first-order valence-electron chi connectivity index (χ1n) is 7.71. The van der Waals surface area contributed by atoms with Crippen LogP contribution in [0.3, 0.4) is 0 Å². The van der Waals surface area contributed by atoms with Gasteiger partial charge in [0.2, 0.25) is 0 Å². The summed E-state index contributed by atoms with van der Waals surface area (Å²) in [6.07, 6.45) is 2.67. The van der Waals surface area contributed by atoms with Crippen molar-refractivity contribution in [2.45, 2.75) is 45.8 Å². The highest BCUT2D eigenvalue weighted by Crippen LogP contribution is 2.23. The summed E-state index contributed by atoms with van der Waals surface area (Å²) < 4.78 is 5.65. The monoisotopic (exact) mass is 284 g/mol. The molecule has 1 N–H and O–H groups in total. The molecule has 0 saturated heterocycles. The van der Waals surface area contributed by atoms with Crippen molar-refractivity contribution in [1.82, 2.24) is 5.32 Å². The molecule has 1 aromatic heterocycles. The molecule has 0 unspecified atom stereocenters. The molecule has 0 bridgehead atoms.